The molecule has 0 saturated carbocycles. The highest BCUT2D eigenvalue weighted by molar-refractivity contribution is 8.22. The quantitative estimate of drug-likeness (QED) is 0.923. The summed E-state index contributed by atoms with van der Waals surface area (Å²) in [6.07, 6.45) is 5.46. The van der Waals surface area contributed by atoms with Crippen LogP contribution in [0.4, 0.5) is 5.69 Å². The molecule has 1 unspecified atom stereocenters. The maximum absolute atomic E-state index is 3.56. The normalized spacial score (nSPS) is 20.3. The second-order valence-electron chi connectivity index (χ2n) is 4.91. The van der Waals surface area contributed by atoms with Crippen LogP contribution in [0, 0.1) is 0 Å². The van der Waals surface area contributed by atoms with Gasteiger partial charge in [0.05, 0.1) is 0 Å². The standard InChI is InChI=1S/C18H17NS2/c1-20-18-13-16(19-15-10-6-3-7-11-15)12-17(21-18)14-8-4-2-5-9-14/h2-11,13,17H,12H2,1H3/p+1. The predicted molar refractivity (Wildman–Crippen MR) is 95.1 cm³/mol. The Labute approximate surface area is 134 Å². The molecule has 0 aliphatic carbocycles. The largest absolute Gasteiger partial charge is 0.209 e. The van der Waals surface area contributed by atoms with Crippen LogP contribution in [0.2, 0.25) is 0 Å². The van der Waals surface area contributed by atoms with E-state index in [2.05, 4.69) is 71.9 Å². The molecule has 1 aliphatic rings. The number of hydrogen-bond acceptors (Lipinski definition) is 2. The van der Waals surface area contributed by atoms with Crippen molar-refractivity contribution in [3.63, 3.8) is 0 Å². The zero-order chi connectivity index (χ0) is 14.5. The zero-order valence-electron chi connectivity index (χ0n) is 12.0. The lowest BCUT2D eigenvalue weighted by Crippen LogP contribution is -2.66. The third-order valence-electron chi connectivity index (χ3n) is 3.41. The Morgan fingerprint density at radius 2 is 1.67 bits per heavy atom. The van der Waals surface area contributed by atoms with E-state index in [1.807, 2.05) is 29.6 Å². The van der Waals surface area contributed by atoms with Gasteiger partial charge in [0.25, 0.3) is 0 Å². The van der Waals surface area contributed by atoms with Crippen LogP contribution in [-0.4, -0.2) is 12.0 Å². The molecular weight excluding hydrogens is 294 g/mol. The summed E-state index contributed by atoms with van der Waals surface area (Å²) in [5.41, 5.74) is 3.84. The Kier molecular flexibility index (Phi) is 4.84. The zero-order valence-corrected chi connectivity index (χ0v) is 13.6. The minimum absolute atomic E-state index is 0.491. The van der Waals surface area contributed by atoms with Crippen molar-refractivity contribution < 1.29 is 4.99 Å². The van der Waals surface area contributed by atoms with Crippen molar-refractivity contribution >= 4 is 34.9 Å². The van der Waals surface area contributed by atoms with E-state index in [0.29, 0.717) is 5.25 Å². The van der Waals surface area contributed by atoms with Gasteiger partial charge in [0.2, 0.25) is 5.69 Å². The van der Waals surface area contributed by atoms with Gasteiger partial charge in [-0.2, -0.15) is 0 Å². The molecule has 1 atom stereocenters. The first-order valence-corrected chi connectivity index (χ1v) is 9.11. The van der Waals surface area contributed by atoms with Gasteiger partial charge in [0.15, 0.2) is 5.71 Å². The first-order valence-electron chi connectivity index (χ1n) is 7.00. The first kappa shape index (κ1) is 14.5. The topological polar surface area (TPSA) is 14.0 Å². The molecule has 21 heavy (non-hydrogen) atoms. The van der Waals surface area contributed by atoms with Crippen LogP contribution < -0.4 is 4.99 Å². The molecule has 0 fully saturated rings. The van der Waals surface area contributed by atoms with E-state index in [1.165, 1.54) is 15.5 Å². The van der Waals surface area contributed by atoms with Crippen molar-refractivity contribution in [2.24, 2.45) is 0 Å². The summed E-state index contributed by atoms with van der Waals surface area (Å²) in [7, 11) is 0. The Morgan fingerprint density at radius 3 is 2.33 bits per heavy atom. The third-order valence-corrected chi connectivity index (χ3v) is 5.79. The molecule has 0 saturated heterocycles. The lowest BCUT2D eigenvalue weighted by atomic mass is 10.1. The molecule has 0 bridgehead atoms. The van der Waals surface area contributed by atoms with E-state index >= 15 is 0 Å². The predicted octanol–water partition coefficient (Wildman–Crippen LogP) is 3.92. The molecule has 1 N–H and O–H groups in total. The molecule has 0 aromatic heterocycles. The number of para-hydroxylation sites is 1. The van der Waals surface area contributed by atoms with Gasteiger partial charge >= 0.3 is 0 Å². The smallest absolute Gasteiger partial charge is 0.203 e. The molecule has 0 amide bonds. The lowest BCUT2D eigenvalue weighted by molar-refractivity contribution is -0.354. The van der Waals surface area contributed by atoms with E-state index in [0.717, 1.165) is 12.1 Å². The summed E-state index contributed by atoms with van der Waals surface area (Å²) in [5.74, 6) is 0. The van der Waals surface area contributed by atoms with E-state index in [4.69, 9.17) is 0 Å². The molecule has 2 aromatic carbocycles. The van der Waals surface area contributed by atoms with Crippen LogP contribution in [0.25, 0.3) is 0 Å². The molecule has 0 radical (unpaired) electrons. The van der Waals surface area contributed by atoms with Crippen molar-refractivity contribution in [3.05, 3.63) is 76.5 Å². The van der Waals surface area contributed by atoms with Crippen molar-refractivity contribution in [1.29, 1.82) is 0 Å². The summed E-state index contributed by atoms with van der Waals surface area (Å²) in [6, 6.07) is 21.2. The maximum Gasteiger partial charge on any atom is 0.203 e. The second kappa shape index (κ2) is 7.01. The van der Waals surface area contributed by atoms with Gasteiger partial charge in [-0.25, -0.2) is 4.99 Å². The number of nitrogens with one attached hydrogen (secondary N) is 1. The SMILES string of the molecule is CSC1=CC(=[NH+]c2ccccc2)CC(c2ccccc2)S1. The molecule has 3 heteroatoms. The average Bonchev–Trinajstić information content (AvgIpc) is 2.56. The Balaban J connectivity index is 1.89. The van der Waals surface area contributed by atoms with Crippen LogP contribution in [0.5, 0.6) is 0 Å². The molecule has 0 spiro atoms. The van der Waals surface area contributed by atoms with Gasteiger partial charge in [0, 0.05) is 34.1 Å². The number of hydrogen-bond donors (Lipinski definition) is 1. The number of benzene rings is 2. The van der Waals surface area contributed by atoms with Crippen LogP contribution in [0.15, 0.2) is 71.0 Å². The molecule has 2 aromatic rings. The minimum Gasteiger partial charge on any atom is -0.209 e. The van der Waals surface area contributed by atoms with Crippen LogP contribution in [-0.2, 0) is 0 Å². The van der Waals surface area contributed by atoms with Crippen LogP contribution in [0.3, 0.4) is 0 Å². The van der Waals surface area contributed by atoms with Crippen molar-refractivity contribution in [3.8, 4) is 0 Å². The summed E-state index contributed by atoms with van der Waals surface area (Å²) < 4.78 is 1.37. The highest BCUT2D eigenvalue weighted by Gasteiger charge is 2.24. The fraction of sp³-hybridized carbons (Fsp3) is 0.167. The van der Waals surface area contributed by atoms with Crippen molar-refractivity contribution in [2.75, 3.05) is 6.26 Å². The first-order chi connectivity index (χ1) is 10.3. The number of allylic oxidation sites excluding steroid dienone is 1. The number of rotatable bonds is 3. The van der Waals surface area contributed by atoms with Gasteiger partial charge in [-0.15, -0.1) is 23.5 Å². The van der Waals surface area contributed by atoms with Gasteiger partial charge in [-0.3, -0.25) is 0 Å². The summed E-state index contributed by atoms with van der Waals surface area (Å²) in [6.45, 7) is 0. The van der Waals surface area contributed by atoms with Gasteiger partial charge in [-0.1, -0.05) is 48.5 Å². The maximum atomic E-state index is 3.56. The minimum atomic E-state index is 0.491. The fourth-order valence-electron chi connectivity index (χ4n) is 2.37. The monoisotopic (exact) mass is 312 g/mol. The second-order valence-corrected chi connectivity index (χ2v) is 7.26. The van der Waals surface area contributed by atoms with Gasteiger partial charge < -0.3 is 0 Å². The van der Waals surface area contributed by atoms with E-state index < -0.39 is 0 Å². The highest BCUT2D eigenvalue weighted by atomic mass is 32.2. The average molecular weight is 312 g/mol. The molecule has 1 nitrogen and oxygen atoms in total. The Bertz CT molecular complexity index is 647. The highest BCUT2D eigenvalue weighted by Crippen LogP contribution is 2.44. The lowest BCUT2D eigenvalue weighted by Gasteiger charge is -2.20. The van der Waals surface area contributed by atoms with Gasteiger partial charge in [-0.05, 0) is 11.8 Å². The van der Waals surface area contributed by atoms with E-state index in [9.17, 15) is 0 Å². The van der Waals surface area contributed by atoms with E-state index in [-0.39, 0.29) is 0 Å². The van der Waals surface area contributed by atoms with Crippen LogP contribution >= 0.6 is 23.5 Å². The summed E-state index contributed by atoms with van der Waals surface area (Å²) in [4.78, 5) is 3.56. The molecule has 1 aliphatic heterocycles. The molecule has 3 rings (SSSR count). The fourth-order valence-corrected chi connectivity index (χ4v) is 4.41. The number of thioether (sulfide) groups is 2. The van der Waals surface area contributed by atoms with Gasteiger partial charge in [0.1, 0.15) is 0 Å². The van der Waals surface area contributed by atoms with E-state index in [1.54, 1.807) is 0 Å². The third kappa shape index (κ3) is 3.80. The van der Waals surface area contributed by atoms with Crippen LogP contribution in [0.1, 0.15) is 17.2 Å². The molecule has 1 heterocycles. The Morgan fingerprint density at radius 1 is 1.00 bits per heavy atom. The summed E-state index contributed by atoms with van der Waals surface area (Å²) >= 11 is 3.78. The Hall–Kier alpha value is -1.45. The molecular formula is C18H18NS2+. The summed E-state index contributed by atoms with van der Waals surface area (Å²) in [5, 5.41) is 0.491. The van der Waals surface area contributed by atoms with Crippen molar-refractivity contribution in [1.82, 2.24) is 0 Å². The molecule has 106 valence electrons. The van der Waals surface area contributed by atoms with Crippen molar-refractivity contribution in [2.45, 2.75) is 11.7 Å².